The first kappa shape index (κ1) is 23.2. The molecule has 3 heterocycles. The third-order valence-corrected chi connectivity index (χ3v) is 6.20. The van der Waals surface area contributed by atoms with E-state index < -0.39 is 0 Å². The molecule has 5 rings (SSSR count). The van der Waals surface area contributed by atoms with Crippen molar-refractivity contribution in [1.82, 2.24) is 24.8 Å². The summed E-state index contributed by atoms with van der Waals surface area (Å²) in [6.07, 6.45) is 7.27. The molecule has 2 fully saturated rings. The second-order valence-corrected chi connectivity index (χ2v) is 8.72. The number of nitrogens with two attached hydrogens (primary N) is 2. The lowest BCUT2D eigenvalue weighted by atomic mass is 10.0. The van der Waals surface area contributed by atoms with E-state index in [2.05, 4.69) is 31.2 Å². The number of halogens is 1. The molecular formula is C22H29ClN8O2. The molecule has 1 aliphatic carbocycles. The lowest BCUT2D eigenvalue weighted by Crippen LogP contribution is -2.27. The number of nitrogens with one attached hydrogen (secondary N) is 1. The molecule has 0 bridgehead atoms. The van der Waals surface area contributed by atoms with Gasteiger partial charge in [-0.15, -0.1) is 0 Å². The van der Waals surface area contributed by atoms with E-state index in [1.165, 1.54) is 19.2 Å². The van der Waals surface area contributed by atoms with E-state index in [-0.39, 0.29) is 6.04 Å². The lowest BCUT2D eigenvalue weighted by Gasteiger charge is -2.25. The van der Waals surface area contributed by atoms with E-state index in [1.807, 2.05) is 10.6 Å². The van der Waals surface area contributed by atoms with Gasteiger partial charge in [0.2, 0.25) is 6.41 Å². The Morgan fingerprint density at radius 1 is 1.24 bits per heavy atom. The first-order valence-electron chi connectivity index (χ1n) is 10.9. The Balaban J connectivity index is 0.000000376. The number of anilines is 2. The fourth-order valence-electron chi connectivity index (χ4n) is 3.96. The highest BCUT2D eigenvalue weighted by Crippen LogP contribution is 2.33. The number of carbonyl (C=O) groups is 1. The van der Waals surface area contributed by atoms with Crippen LogP contribution in [0.3, 0.4) is 0 Å². The maximum Gasteiger partial charge on any atom is 0.207 e. The van der Waals surface area contributed by atoms with E-state index in [0.29, 0.717) is 41.2 Å². The highest BCUT2D eigenvalue weighted by atomic mass is 35.5. The van der Waals surface area contributed by atoms with Crippen molar-refractivity contribution in [3.8, 4) is 0 Å². The van der Waals surface area contributed by atoms with Crippen LogP contribution in [0.5, 0.6) is 0 Å². The molecule has 2 aromatic heterocycles. The number of methoxy groups -OCH3 is 1. The molecule has 11 heteroatoms. The van der Waals surface area contributed by atoms with Gasteiger partial charge in [-0.05, 0) is 31.4 Å². The van der Waals surface area contributed by atoms with Crippen LogP contribution in [-0.2, 0) is 22.7 Å². The molecule has 33 heavy (non-hydrogen) atoms. The van der Waals surface area contributed by atoms with Crippen LogP contribution < -0.4 is 21.7 Å². The van der Waals surface area contributed by atoms with Crippen molar-refractivity contribution in [2.24, 2.45) is 5.73 Å². The normalized spacial score (nSPS) is 17.7. The largest absolute Gasteiger partial charge is 0.382 e. The van der Waals surface area contributed by atoms with Crippen LogP contribution >= 0.6 is 11.6 Å². The summed E-state index contributed by atoms with van der Waals surface area (Å²) in [5.41, 5.74) is 16.5. The van der Waals surface area contributed by atoms with Crippen molar-refractivity contribution >= 4 is 40.7 Å². The highest BCUT2D eigenvalue weighted by Gasteiger charge is 2.24. The molecule has 10 nitrogen and oxygen atoms in total. The van der Waals surface area contributed by atoms with Gasteiger partial charge in [0.05, 0.1) is 19.5 Å². The topological polar surface area (TPSA) is 137 Å². The molecule has 1 aromatic carbocycles. The Kier molecular flexibility index (Phi) is 7.26. The van der Waals surface area contributed by atoms with Gasteiger partial charge in [0.25, 0.3) is 0 Å². The number of nitrogen functional groups attached to an aromatic ring is 1. The zero-order chi connectivity index (χ0) is 23.4. The first-order valence-corrected chi connectivity index (χ1v) is 11.3. The van der Waals surface area contributed by atoms with Gasteiger partial charge in [-0.3, -0.25) is 4.79 Å². The van der Waals surface area contributed by atoms with Crippen molar-refractivity contribution < 1.29 is 9.53 Å². The second kappa shape index (κ2) is 10.3. The SMILES string of the molecule is COCc1c(Cl)ccc(N2CCC(N)C2)c1Cn1cnc2c(N)ncnc21.O=CNC1CC1. The van der Waals surface area contributed by atoms with Crippen LogP contribution in [0.4, 0.5) is 11.5 Å². The zero-order valence-electron chi connectivity index (χ0n) is 18.6. The van der Waals surface area contributed by atoms with E-state index in [9.17, 15) is 4.79 Å². The minimum atomic E-state index is 0.181. The average molecular weight is 473 g/mol. The van der Waals surface area contributed by atoms with E-state index in [1.54, 1.807) is 13.4 Å². The number of benzene rings is 1. The minimum Gasteiger partial charge on any atom is -0.382 e. The summed E-state index contributed by atoms with van der Waals surface area (Å²) in [5, 5.41) is 3.32. The summed E-state index contributed by atoms with van der Waals surface area (Å²) >= 11 is 6.51. The Bertz CT molecular complexity index is 1120. The number of imidazole rings is 1. The number of hydrogen-bond acceptors (Lipinski definition) is 8. The third-order valence-electron chi connectivity index (χ3n) is 5.84. The molecular weight excluding hydrogens is 444 g/mol. The fraction of sp³-hybridized carbons (Fsp3) is 0.455. The van der Waals surface area contributed by atoms with E-state index in [0.717, 1.165) is 42.7 Å². The molecule has 1 unspecified atom stereocenters. The van der Waals surface area contributed by atoms with Gasteiger partial charge in [0, 0.05) is 54.1 Å². The number of rotatable bonds is 7. The first-order chi connectivity index (χ1) is 16.0. The third kappa shape index (κ3) is 5.35. The summed E-state index contributed by atoms with van der Waals surface area (Å²) in [6.45, 7) is 2.71. The van der Waals surface area contributed by atoms with Gasteiger partial charge in [0.15, 0.2) is 11.5 Å². The maximum absolute atomic E-state index is 9.54. The predicted molar refractivity (Wildman–Crippen MR) is 128 cm³/mol. The molecule has 176 valence electrons. The van der Waals surface area contributed by atoms with Gasteiger partial charge in [-0.25, -0.2) is 15.0 Å². The number of carbonyl (C=O) groups excluding carboxylic acids is 1. The van der Waals surface area contributed by atoms with Crippen LogP contribution in [0.25, 0.3) is 11.2 Å². The summed E-state index contributed by atoms with van der Waals surface area (Å²) in [4.78, 5) is 24.6. The second-order valence-electron chi connectivity index (χ2n) is 8.31. The molecule has 1 saturated carbocycles. The molecule has 3 aromatic rings. The van der Waals surface area contributed by atoms with Gasteiger partial charge in [-0.2, -0.15) is 0 Å². The predicted octanol–water partition coefficient (Wildman–Crippen LogP) is 1.69. The number of fused-ring (bicyclic) bond motifs is 1. The Labute approximate surface area is 197 Å². The molecule has 0 radical (unpaired) electrons. The summed E-state index contributed by atoms with van der Waals surface area (Å²) in [6, 6.07) is 4.69. The Hall–Kier alpha value is -2.95. The molecule has 1 atom stereocenters. The van der Waals surface area contributed by atoms with Crippen molar-refractivity contribution in [3.63, 3.8) is 0 Å². The van der Waals surface area contributed by atoms with Gasteiger partial charge >= 0.3 is 0 Å². The molecule has 1 amide bonds. The molecule has 5 N–H and O–H groups in total. The van der Waals surface area contributed by atoms with Crippen LogP contribution in [-0.4, -0.2) is 58.2 Å². The standard InChI is InChI=1S/C18H22ClN7O.C4H7NO/c1-27-8-13-12(7-26-10-24-16-17(21)22-9-23-18(16)26)15(3-2-14(13)19)25-5-4-11(20)6-25;6-3-5-4-1-2-4/h2-3,9-11H,4-8,20H2,1H3,(H2,21,22,23);3-4H,1-2H2,(H,5,6). The maximum atomic E-state index is 9.54. The summed E-state index contributed by atoms with van der Waals surface area (Å²) in [7, 11) is 1.67. The van der Waals surface area contributed by atoms with Gasteiger partial charge in [0.1, 0.15) is 11.8 Å². The summed E-state index contributed by atoms with van der Waals surface area (Å²) < 4.78 is 7.37. The smallest absolute Gasteiger partial charge is 0.207 e. The van der Waals surface area contributed by atoms with Crippen LogP contribution in [0, 0.1) is 0 Å². The van der Waals surface area contributed by atoms with Crippen LogP contribution in [0.1, 0.15) is 30.4 Å². The van der Waals surface area contributed by atoms with Crippen molar-refractivity contribution in [3.05, 3.63) is 40.9 Å². The number of nitrogens with zero attached hydrogens (tertiary/aromatic N) is 5. The van der Waals surface area contributed by atoms with Crippen LogP contribution in [0.15, 0.2) is 24.8 Å². The monoisotopic (exact) mass is 472 g/mol. The van der Waals surface area contributed by atoms with Crippen molar-refractivity contribution in [1.29, 1.82) is 0 Å². The number of amides is 1. The van der Waals surface area contributed by atoms with Gasteiger partial charge < -0.3 is 31.0 Å². The quantitative estimate of drug-likeness (QED) is 0.442. The number of hydrogen-bond donors (Lipinski definition) is 3. The van der Waals surface area contributed by atoms with E-state index in [4.69, 9.17) is 27.8 Å². The lowest BCUT2D eigenvalue weighted by molar-refractivity contribution is -0.109. The molecule has 2 aliphatic rings. The Morgan fingerprint density at radius 3 is 2.70 bits per heavy atom. The zero-order valence-corrected chi connectivity index (χ0v) is 19.3. The average Bonchev–Trinajstić information content (AvgIpc) is 3.36. The van der Waals surface area contributed by atoms with E-state index >= 15 is 0 Å². The Morgan fingerprint density at radius 2 is 2.06 bits per heavy atom. The fourth-order valence-corrected chi connectivity index (χ4v) is 4.19. The minimum absolute atomic E-state index is 0.181. The molecule has 1 saturated heterocycles. The highest BCUT2D eigenvalue weighted by molar-refractivity contribution is 6.31. The van der Waals surface area contributed by atoms with Gasteiger partial charge in [-0.1, -0.05) is 11.6 Å². The molecule has 0 spiro atoms. The molecule has 1 aliphatic heterocycles. The number of ether oxygens (including phenoxy) is 1. The van der Waals surface area contributed by atoms with Crippen molar-refractivity contribution in [2.75, 3.05) is 30.8 Å². The summed E-state index contributed by atoms with van der Waals surface area (Å²) in [5.74, 6) is 0.368. The van der Waals surface area contributed by atoms with Crippen LogP contribution in [0.2, 0.25) is 5.02 Å². The van der Waals surface area contributed by atoms with Crippen molar-refractivity contribution in [2.45, 2.75) is 44.5 Å². The number of aromatic nitrogens is 4.